The lowest BCUT2D eigenvalue weighted by Crippen LogP contribution is -2.55. The number of hydrogen-bond donors (Lipinski definition) is 2. The first-order valence-corrected chi connectivity index (χ1v) is 8.55. The van der Waals surface area contributed by atoms with E-state index < -0.39 is 43.0 Å². The number of nitrogens with one attached hydrogen (secondary N) is 1. The Labute approximate surface area is 152 Å². The average molecular weight is 383 g/mol. The molecule has 27 heavy (non-hydrogen) atoms. The maximum Gasteiger partial charge on any atom is 0.272 e. The van der Waals surface area contributed by atoms with Gasteiger partial charge in [0.05, 0.1) is 12.3 Å². The zero-order valence-electron chi connectivity index (χ0n) is 14.2. The summed E-state index contributed by atoms with van der Waals surface area (Å²) in [6.45, 7) is -3.48. The number of aliphatic hydroxyl groups is 1. The van der Waals surface area contributed by atoms with Crippen molar-refractivity contribution in [2.24, 2.45) is 5.92 Å². The van der Waals surface area contributed by atoms with E-state index in [1.165, 1.54) is 10.7 Å². The highest BCUT2D eigenvalue weighted by Gasteiger charge is 2.50. The van der Waals surface area contributed by atoms with E-state index >= 15 is 0 Å². The van der Waals surface area contributed by atoms with E-state index in [-0.39, 0.29) is 17.3 Å². The highest BCUT2D eigenvalue weighted by molar-refractivity contribution is 5.95. The molecule has 5 nitrogen and oxygen atoms in total. The molecule has 0 bridgehead atoms. The number of carbonyl (C=O) groups is 1. The fourth-order valence-corrected chi connectivity index (χ4v) is 3.66. The molecule has 1 amide bonds. The first-order chi connectivity index (χ1) is 12.9. The monoisotopic (exact) mass is 383 g/mol. The highest BCUT2D eigenvalue weighted by atomic mass is 19.1. The minimum Gasteiger partial charge on any atom is -0.394 e. The van der Waals surface area contributed by atoms with Gasteiger partial charge < -0.3 is 10.4 Å². The van der Waals surface area contributed by atoms with Crippen LogP contribution in [0.15, 0.2) is 18.2 Å². The number of alkyl halides is 2. The molecule has 2 N–H and O–H groups in total. The standard InChI is InChI=1S/C18H17F4N3O2/c19-6-18(7-20,8-26)23-17(27)15-12-4-9-3-11(9)16(12)25(24-15)14-2-1-10(21)5-13(14)22/h1-2,5,9,11,26H,3-4,6-8H2,(H,23,27)/t9-,11-/m1/s1. The molecule has 1 saturated carbocycles. The molecule has 2 atom stereocenters. The van der Waals surface area contributed by atoms with E-state index in [4.69, 9.17) is 0 Å². The lowest BCUT2D eigenvalue weighted by molar-refractivity contribution is 0.0707. The molecule has 1 heterocycles. The van der Waals surface area contributed by atoms with Gasteiger partial charge in [-0.3, -0.25) is 4.79 Å². The number of carbonyl (C=O) groups excluding carboxylic acids is 1. The van der Waals surface area contributed by atoms with Gasteiger partial charge in [0.25, 0.3) is 5.91 Å². The van der Waals surface area contributed by atoms with Crippen LogP contribution in [0.2, 0.25) is 0 Å². The molecular formula is C18H17F4N3O2. The summed E-state index contributed by atoms with van der Waals surface area (Å²) >= 11 is 0. The molecule has 2 aliphatic carbocycles. The van der Waals surface area contributed by atoms with Crippen LogP contribution < -0.4 is 5.32 Å². The second-order valence-corrected chi connectivity index (χ2v) is 7.19. The lowest BCUT2D eigenvalue weighted by Gasteiger charge is -2.26. The highest BCUT2D eigenvalue weighted by Crippen LogP contribution is 2.57. The predicted octanol–water partition coefficient (Wildman–Crippen LogP) is 2.21. The van der Waals surface area contributed by atoms with Gasteiger partial charge in [-0.05, 0) is 30.9 Å². The molecule has 9 heteroatoms. The van der Waals surface area contributed by atoms with Gasteiger partial charge in [-0.25, -0.2) is 22.2 Å². The summed E-state index contributed by atoms with van der Waals surface area (Å²) in [4.78, 5) is 12.6. The van der Waals surface area contributed by atoms with Crippen LogP contribution in [0.3, 0.4) is 0 Å². The van der Waals surface area contributed by atoms with Gasteiger partial charge in [0.1, 0.15) is 30.4 Å². The Morgan fingerprint density at radius 2 is 2.07 bits per heavy atom. The zero-order valence-corrected chi connectivity index (χ0v) is 14.2. The Hall–Kier alpha value is -2.42. The summed E-state index contributed by atoms with van der Waals surface area (Å²) < 4.78 is 55.1. The molecule has 0 aliphatic heterocycles. The largest absolute Gasteiger partial charge is 0.394 e. The van der Waals surface area contributed by atoms with Crippen molar-refractivity contribution in [2.75, 3.05) is 20.0 Å². The third-order valence-electron chi connectivity index (χ3n) is 5.31. The van der Waals surface area contributed by atoms with Gasteiger partial charge in [0.15, 0.2) is 11.5 Å². The third kappa shape index (κ3) is 2.80. The zero-order chi connectivity index (χ0) is 19.3. The van der Waals surface area contributed by atoms with Crippen molar-refractivity contribution < 1.29 is 27.5 Å². The maximum atomic E-state index is 14.3. The fourth-order valence-electron chi connectivity index (χ4n) is 3.66. The summed E-state index contributed by atoms with van der Waals surface area (Å²) in [5, 5.41) is 15.6. The lowest BCUT2D eigenvalue weighted by atomic mass is 10.0. The van der Waals surface area contributed by atoms with Crippen molar-refractivity contribution in [3.05, 3.63) is 46.8 Å². The number of nitrogens with zero attached hydrogens (tertiary/aromatic N) is 2. The fraction of sp³-hybridized carbons (Fsp3) is 0.444. The number of halogens is 4. The Bertz CT molecular complexity index is 902. The van der Waals surface area contributed by atoms with Crippen LogP contribution in [0, 0.1) is 17.6 Å². The van der Waals surface area contributed by atoms with Gasteiger partial charge >= 0.3 is 0 Å². The maximum absolute atomic E-state index is 14.3. The second kappa shape index (κ2) is 6.33. The number of amides is 1. The molecule has 2 aliphatic rings. The molecule has 1 aromatic heterocycles. The molecule has 0 saturated heterocycles. The SMILES string of the molecule is O=C(NC(CO)(CF)CF)c1nn(-c2ccc(F)cc2F)c2c1C[C@H]1C[C@@H]21. The summed E-state index contributed by atoms with van der Waals surface area (Å²) in [6, 6.07) is 3.05. The van der Waals surface area contributed by atoms with Gasteiger partial charge in [-0.2, -0.15) is 5.10 Å². The molecule has 4 rings (SSSR count). The number of hydrogen-bond acceptors (Lipinski definition) is 3. The Morgan fingerprint density at radius 3 is 2.70 bits per heavy atom. The molecular weight excluding hydrogens is 366 g/mol. The molecule has 2 aromatic rings. The Kier molecular flexibility index (Phi) is 4.21. The predicted molar refractivity (Wildman–Crippen MR) is 87.3 cm³/mol. The van der Waals surface area contributed by atoms with Gasteiger partial charge in [-0.15, -0.1) is 0 Å². The minimum absolute atomic E-state index is 0.00338. The number of aromatic nitrogens is 2. The first-order valence-electron chi connectivity index (χ1n) is 8.55. The smallest absolute Gasteiger partial charge is 0.272 e. The molecule has 0 unspecified atom stereocenters. The van der Waals surface area contributed by atoms with Gasteiger partial charge in [-0.1, -0.05) is 0 Å². The molecule has 0 radical (unpaired) electrons. The van der Waals surface area contributed by atoms with E-state index in [9.17, 15) is 27.5 Å². The minimum atomic E-state index is -2.03. The Balaban J connectivity index is 1.76. The van der Waals surface area contributed by atoms with Crippen LogP contribution in [0.4, 0.5) is 17.6 Å². The van der Waals surface area contributed by atoms with Crippen molar-refractivity contribution in [1.29, 1.82) is 0 Å². The quantitative estimate of drug-likeness (QED) is 0.752. The summed E-state index contributed by atoms with van der Waals surface area (Å²) in [5.41, 5.74) is -0.812. The van der Waals surface area contributed by atoms with Crippen molar-refractivity contribution in [1.82, 2.24) is 15.1 Å². The number of benzene rings is 1. The average Bonchev–Trinajstić information content (AvgIpc) is 3.16. The Morgan fingerprint density at radius 1 is 1.33 bits per heavy atom. The number of rotatable bonds is 6. The van der Waals surface area contributed by atoms with Crippen LogP contribution in [0.5, 0.6) is 0 Å². The van der Waals surface area contributed by atoms with Gasteiger partial charge in [0, 0.05) is 17.5 Å². The van der Waals surface area contributed by atoms with E-state index in [0.29, 0.717) is 23.6 Å². The molecule has 0 spiro atoms. The number of aliphatic hydroxyl groups excluding tert-OH is 1. The number of fused-ring (bicyclic) bond motifs is 3. The van der Waals surface area contributed by atoms with Crippen LogP contribution >= 0.6 is 0 Å². The van der Waals surface area contributed by atoms with Crippen LogP contribution in [-0.2, 0) is 6.42 Å². The normalized spacial score (nSPS) is 20.3. The molecule has 144 valence electrons. The van der Waals surface area contributed by atoms with E-state index in [0.717, 1.165) is 18.6 Å². The third-order valence-corrected chi connectivity index (χ3v) is 5.31. The topological polar surface area (TPSA) is 67.2 Å². The molecule has 1 aromatic carbocycles. The van der Waals surface area contributed by atoms with E-state index in [2.05, 4.69) is 10.4 Å². The van der Waals surface area contributed by atoms with Crippen LogP contribution in [0.1, 0.15) is 34.1 Å². The van der Waals surface area contributed by atoms with Crippen molar-refractivity contribution in [3.8, 4) is 5.69 Å². The van der Waals surface area contributed by atoms with Crippen molar-refractivity contribution >= 4 is 5.91 Å². The summed E-state index contributed by atoms with van der Waals surface area (Å²) in [6.07, 6.45) is 1.45. The van der Waals surface area contributed by atoms with Gasteiger partial charge in [0.2, 0.25) is 0 Å². The van der Waals surface area contributed by atoms with E-state index in [1.54, 1.807) is 0 Å². The van der Waals surface area contributed by atoms with Crippen molar-refractivity contribution in [3.63, 3.8) is 0 Å². The van der Waals surface area contributed by atoms with Crippen molar-refractivity contribution in [2.45, 2.75) is 24.3 Å². The summed E-state index contributed by atoms with van der Waals surface area (Å²) in [7, 11) is 0. The second-order valence-electron chi connectivity index (χ2n) is 7.19. The van der Waals surface area contributed by atoms with Crippen LogP contribution in [0.25, 0.3) is 5.69 Å². The summed E-state index contributed by atoms with van der Waals surface area (Å²) in [5.74, 6) is -1.94. The van der Waals surface area contributed by atoms with Crippen LogP contribution in [-0.4, -0.2) is 46.3 Å². The first kappa shape index (κ1) is 18.0. The van der Waals surface area contributed by atoms with E-state index in [1.807, 2.05) is 0 Å². The molecule has 1 fully saturated rings.